The van der Waals surface area contributed by atoms with Gasteiger partial charge in [0.05, 0.1) is 0 Å². The maximum Gasteiger partial charge on any atom is 0.244 e. The zero-order chi connectivity index (χ0) is 13.0. The molecular formula is C12H21N5O. The number of carbonyl (C=O) groups is 1. The summed E-state index contributed by atoms with van der Waals surface area (Å²) in [6.07, 6.45) is 5.21. The minimum atomic E-state index is -0.308. The Kier molecular flexibility index (Phi) is 3.96. The summed E-state index contributed by atoms with van der Waals surface area (Å²) in [4.78, 5) is 15.9. The molecule has 1 aliphatic heterocycles. The van der Waals surface area contributed by atoms with Gasteiger partial charge >= 0.3 is 0 Å². The molecule has 1 aliphatic rings. The lowest BCUT2D eigenvalue weighted by Crippen LogP contribution is -2.44. The Morgan fingerprint density at radius 3 is 2.89 bits per heavy atom. The molecule has 2 heterocycles. The van der Waals surface area contributed by atoms with E-state index in [-0.39, 0.29) is 17.4 Å². The van der Waals surface area contributed by atoms with E-state index in [1.54, 1.807) is 11.0 Å². The molecule has 0 saturated carbocycles. The van der Waals surface area contributed by atoms with E-state index in [0.29, 0.717) is 0 Å². The van der Waals surface area contributed by atoms with E-state index in [4.69, 9.17) is 0 Å². The van der Waals surface area contributed by atoms with Crippen molar-refractivity contribution in [3.63, 3.8) is 0 Å². The highest BCUT2D eigenvalue weighted by Gasteiger charge is 2.28. The summed E-state index contributed by atoms with van der Waals surface area (Å²) >= 11 is 0. The molecule has 1 aromatic heterocycles. The summed E-state index contributed by atoms with van der Waals surface area (Å²) in [7, 11) is 0. The summed E-state index contributed by atoms with van der Waals surface area (Å²) < 4.78 is 1.57. The van der Waals surface area contributed by atoms with Gasteiger partial charge in [-0.3, -0.25) is 4.79 Å². The van der Waals surface area contributed by atoms with Gasteiger partial charge in [-0.2, -0.15) is 5.10 Å². The molecule has 0 aliphatic carbocycles. The molecule has 2 N–H and O–H groups in total. The molecule has 2 rings (SSSR count). The first-order valence-corrected chi connectivity index (χ1v) is 6.43. The highest BCUT2D eigenvalue weighted by molar-refractivity contribution is 5.79. The zero-order valence-corrected chi connectivity index (χ0v) is 11.0. The number of nitrogens with one attached hydrogen (secondary N) is 2. The molecule has 1 fully saturated rings. The fourth-order valence-corrected chi connectivity index (χ4v) is 2.19. The van der Waals surface area contributed by atoms with Gasteiger partial charge in [-0.25, -0.2) is 9.67 Å². The molecule has 0 aromatic carbocycles. The van der Waals surface area contributed by atoms with Crippen LogP contribution in [0.4, 0.5) is 0 Å². The molecule has 0 spiro atoms. The first-order chi connectivity index (χ1) is 8.61. The van der Waals surface area contributed by atoms with Crippen molar-refractivity contribution in [2.24, 2.45) is 5.41 Å². The molecule has 6 heteroatoms. The summed E-state index contributed by atoms with van der Waals surface area (Å²) in [6, 6.07) is -0.308. The third-order valence-corrected chi connectivity index (χ3v) is 3.71. The van der Waals surface area contributed by atoms with Crippen molar-refractivity contribution in [1.29, 1.82) is 0 Å². The number of hydrogen-bond acceptors (Lipinski definition) is 4. The van der Waals surface area contributed by atoms with Gasteiger partial charge in [0.15, 0.2) is 0 Å². The summed E-state index contributed by atoms with van der Waals surface area (Å²) in [5.41, 5.74) is 0.211. The molecule has 1 saturated heterocycles. The van der Waals surface area contributed by atoms with E-state index in [0.717, 1.165) is 32.5 Å². The molecule has 0 radical (unpaired) electrons. The lowest BCUT2D eigenvalue weighted by atomic mass is 9.81. The van der Waals surface area contributed by atoms with E-state index in [2.05, 4.69) is 27.6 Å². The maximum atomic E-state index is 12.0. The first kappa shape index (κ1) is 13.0. The van der Waals surface area contributed by atoms with Crippen LogP contribution in [-0.4, -0.2) is 40.3 Å². The van der Waals surface area contributed by atoms with Crippen molar-refractivity contribution in [3.05, 3.63) is 12.7 Å². The van der Waals surface area contributed by atoms with Crippen LogP contribution in [0.2, 0.25) is 0 Å². The number of hydrogen-bond donors (Lipinski definition) is 2. The highest BCUT2D eigenvalue weighted by Crippen LogP contribution is 2.26. The molecule has 100 valence electrons. The SMILES string of the molecule is CC(C(=O)NCC1(C)CCNCC1)n1cncn1. The topological polar surface area (TPSA) is 71.8 Å². The maximum absolute atomic E-state index is 12.0. The number of aromatic nitrogens is 3. The monoisotopic (exact) mass is 251 g/mol. The minimum Gasteiger partial charge on any atom is -0.354 e. The van der Waals surface area contributed by atoms with E-state index >= 15 is 0 Å². The summed E-state index contributed by atoms with van der Waals surface area (Å²) in [5, 5.41) is 10.3. The Hall–Kier alpha value is -1.43. The largest absolute Gasteiger partial charge is 0.354 e. The van der Waals surface area contributed by atoms with Crippen LogP contribution in [-0.2, 0) is 4.79 Å². The van der Waals surface area contributed by atoms with Gasteiger partial charge in [-0.1, -0.05) is 6.92 Å². The molecular weight excluding hydrogens is 230 g/mol. The van der Waals surface area contributed by atoms with Gasteiger partial charge in [-0.15, -0.1) is 0 Å². The van der Waals surface area contributed by atoms with Crippen LogP contribution in [0.15, 0.2) is 12.7 Å². The molecule has 1 unspecified atom stereocenters. The van der Waals surface area contributed by atoms with E-state index < -0.39 is 0 Å². The van der Waals surface area contributed by atoms with Crippen LogP contribution in [0.5, 0.6) is 0 Å². The third-order valence-electron chi connectivity index (χ3n) is 3.71. The zero-order valence-electron chi connectivity index (χ0n) is 11.0. The Labute approximate surface area is 107 Å². The average Bonchev–Trinajstić information content (AvgIpc) is 2.90. The van der Waals surface area contributed by atoms with Crippen molar-refractivity contribution in [3.8, 4) is 0 Å². The molecule has 1 amide bonds. The lowest BCUT2D eigenvalue weighted by molar-refractivity contribution is -0.124. The van der Waals surface area contributed by atoms with Crippen molar-refractivity contribution >= 4 is 5.91 Å². The van der Waals surface area contributed by atoms with Gasteiger partial charge < -0.3 is 10.6 Å². The van der Waals surface area contributed by atoms with E-state index in [1.807, 2.05) is 6.92 Å². The average molecular weight is 251 g/mol. The molecule has 6 nitrogen and oxygen atoms in total. The van der Waals surface area contributed by atoms with Crippen molar-refractivity contribution in [1.82, 2.24) is 25.4 Å². The fraction of sp³-hybridized carbons (Fsp3) is 0.750. The molecule has 1 atom stereocenters. The van der Waals surface area contributed by atoms with Crippen LogP contribution in [0.25, 0.3) is 0 Å². The van der Waals surface area contributed by atoms with Crippen LogP contribution in [0.1, 0.15) is 32.7 Å². The second-order valence-electron chi connectivity index (χ2n) is 5.33. The molecule has 1 aromatic rings. The van der Waals surface area contributed by atoms with Crippen molar-refractivity contribution < 1.29 is 4.79 Å². The second-order valence-corrected chi connectivity index (χ2v) is 5.33. The van der Waals surface area contributed by atoms with Crippen LogP contribution in [0, 0.1) is 5.41 Å². The quantitative estimate of drug-likeness (QED) is 0.809. The van der Waals surface area contributed by atoms with Crippen molar-refractivity contribution in [2.75, 3.05) is 19.6 Å². The predicted molar refractivity (Wildman–Crippen MR) is 68.0 cm³/mol. The number of amides is 1. The van der Waals surface area contributed by atoms with Gasteiger partial charge in [0.2, 0.25) is 5.91 Å². The number of nitrogens with zero attached hydrogens (tertiary/aromatic N) is 3. The molecule has 0 bridgehead atoms. The van der Waals surface area contributed by atoms with Gasteiger partial charge in [0.25, 0.3) is 0 Å². The van der Waals surface area contributed by atoms with Crippen molar-refractivity contribution in [2.45, 2.75) is 32.7 Å². The Morgan fingerprint density at radius 1 is 1.56 bits per heavy atom. The van der Waals surface area contributed by atoms with Gasteiger partial charge in [0, 0.05) is 6.54 Å². The Bertz CT molecular complexity index is 383. The second kappa shape index (κ2) is 5.48. The summed E-state index contributed by atoms with van der Waals surface area (Å²) in [5.74, 6) is 0.000239. The number of rotatable bonds is 4. The summed E-state index contributed by atoms with van der Waals surface area (Å²) in [6.45, 7) is 6.85. The standard InChI is InChI=1S/C12H21N5O/c1-10(17-9-14-8-16-17)11(18)15-7-12(2)3-5-13-6-4-12/h8-10,13H,3-7H2,1-2H3,(H,15,18). The number of carbonyl (C=O) groups excluding carboxylic acids is 1. The Balaban J connectivity index is 1.84. The normalized spacial score (nSPS) is 20.3. The van der Waals surface area contributed by atoms with E-state index in [1.165, 1.54) is 6.33 Å². The van der Waals surface area contributed by atoms with Gasteiger partial charge in [-0.05, 0) is 38.3 Å². The highest BCUT2D eigenvalue weighted by atomic mass is 16.2. The fourth-order valence-electron chi connectivity index (χ4n) is 2.19. The van der Waals surface area contributed by atoms with Crippen LogP contribution >= 0.6 is 0 Å². The van der Waals surface area contributed by atoms with E-state index in [9.17, 15) is 4.79 Å². The smallest absolute Gasteiger partial charge is 0.244 e. The van der Waals surface area contributed by atoms with Crippen LogP contribution < -0.4 is 10.6 Å². The lowest BCUT2D eigenvalue weighted by Gasteiger charge is -2.34. The van der Waals surface area contributed by atoms with Crippen LogP contribution in [0.3, 0.4) is 0 Å². The number of piperidine rings is 1. The Morgan fingerprint density at radius 2 is 2.28 bits per heavy atom. The predicted octanol–water partition coefficient (Wildman–Crippen LogP) is 0.345. The minimum absolute atomic E-state index is 0.000239. The molecule has 18 heavy (non-hydrogen) atoms. The third kappa shape index (κ3) is 3.07. The van der Waals surface area contributed by atoms with Gasteiger partial charge in [0.1, 0.15) is 18.7 Å². The first-order valence-electron chi connectivity index (χ1n) is 6.43.